The molecule has 0 aliphatic heterocycles. The first kappa shape index (κ1) is 19.2. The van der Waals surface area contributed by atoms with Gasteiger partial charge in [-0.15, -0.1) is 0 Å². The minimum Gasteiger partial charge on any atom is -0.289 e. The van der Waals surface area contributed by atoms with Gasteiger partial charge in [-0.05, 0) is 78.7 Å². The molecule has 4 heteroatoms. The zero-order valence-corrected chi connectivity index (χ0v) is 17.8. The van der Waals surface area contributed by atoms with Gasteiger partial charge in [0.05, 0.1) is 16.2 Å². The summed E-state index contributed by atoms with van der Waals surface area (Å²) < 4.78 is 13.2. The Morgan fingerprint density at radius 3 is 2.66 bits per heavy atom. The van der Waals surface area contributed by atoms with Gasteiger partial charge in [-0.2, -0.15) is 0 Å². The number of ketones is 2. The first-order valence-electron chi connectivity index (χ1n) is 10.9. The van der Waals surface area contributed by atoms with Gasteiger partial charge in [0.15, 0.2) is 0 Å². The molecule has 0 spiro atoms. The van der Waals surface area contributed by atoms with Crippen LogP contribution in [0.3, 0.4) is 0 Å². The number of hydrogen-bond acceptors (Lipinski definition) is 3. The fraction of sp³-hybridized carbons (Fsp3) is 0.520. The topological polar surface area (TPSA) is 51.2 Å². The maximum absolute atomic E-state index is 13.2. The molecule has 1 aromatic carbocycles. The van der Waals surface area contributed by atoms with Gasteiger partial charge in [-0.25, -0.2) is 0 Å². The highest BCUT2D eigenvalue weighted by Crippen LogP contribution is 2.62. The number of Topliss-reactive ketones (excluding diaryl/α,β-unsaturated/α-hetero) is 1. The van der Waals surface area contributed by atoms with Crippen molar-refractivity contribution in [1.29, 1.82) is 0 Å². The fourth-order valence-electron chi connectivity index (χ4n) is 6.61. The summed E-state index contributed by atoms with van der Waals surface area (Å²) in [4.78, 5) is 26.4. The standard InChI is InChI=1S/C25H28O3S/c1-24-13-6-5-7-17(24)10-11-19-20(24)12-14-25(21(19)15-22(26)23(25)27)16-29(28)18-8-3-2-4-9-18/h2-4,8-9,11,15,17,20H,5-7,10,12-14,16H2,1H3/t17?,20-,24-,25+,29?/m0/s1. The summed E-state index contributed by atoms with van der Waals surface area (Å²) in [7, 11) is -1.31. The number of allylic oxidation sites excluding steroid dienone is 4. The predicted octanol–water partition coefficient (Wildman–Crippen LogP) is 4.80. The van der Waals surface area contributed by atoms with E-state index >= 15 is 0 Å². The Hall–Kier alpha value is -1.81. The number of rotatable bonds is 3. The molecule has 0 heterocycles. The number of hydrogen-bond donors (Lipinski definition) is 0. The number of fused-ring (bicyclic) bond motifs is 5. The Bertz CT molecular complexity index is 960. The van der Waals surface area contributed by atoms with Crippen molar-refractivity contribution in [2.24, 2.45) is 22.7 Å². The second-order valence-corrected chi connectivity index (χ2v) is 11.0. The summed E-state index contributed by atoms with van der Waals surface area (Å²) in [6.45, 7) is 2.43. The van der Waals surface area contributed by atoms with Crippen molar-refractivity contribution in [2.45, 2.75) is 56.8 Å². The minimum atomic E-state index is -1.31. The first-order chi connectivity index (χ1) is 14.0. The van der Waals surface area contributed by atoms with Crippen LogP contribution in [0.2, 0.25) is 0 Å². The second-order valence-electron chi connectivity index (χ2n) is 9.57. The Labute approximate surface area is 175 Å². The number of carbonyl (C=O) groups is 2. The van der Waals surface area contributed by atoms with Crippen molar-refractivity contribution in [3.8, 4) is 0 Å². The van der Waals surface area contributed by atoms with Crippen LogP contribution < -0.4 is 0 Å². The SMILES string of the molecule is C[C@]12CCCCC1CC=C1C3=CC(=O)C(=O)[C@@]3(CS(=O)c3ccccc3)CC[C@@H]12. The summed E-state index contributed by atoms with van der Waals surface area (Å²) in [6.07, 6.45) is 11.6. The smallest absolute Gasteiger partial charge is 0.222 e. The summed E-state index contributed by atoms with van der Waals surface area (Å²) >= 11 is 0. The van der Waals surface area contributed by atoms with Gasteiger partial charge in [0.2, 0.25) is 11.6 Å². The summed E-state index contributed by atoms with van der Waals surface area (Å²) in [6, 6.07) is 9.32. The van der Waals surface area contributed by atoms with Crippen molar-refractivity contribution < 1.29 is 13.8 Å². The molecule has 152 valence electrons. The third-order valence-corrected chi connectivity index (χ3v) is 9.80. The van der Waals surface area contributed by atoms with Gasteiger partial charge >= 0.3 is 0 Å². The van der Waals surface area contributed by atoms with E-state index < -0.39 is 22.0 Å². The molecule has 0 bridgehead atoms. The molecule has 0 aromatic heterocycles. The highest BCUT2D eigenvalue weighted by Gasteiger charge is 2.58. The van der Waals surface area contributed by atoms with Gasteiger partial charge in [0.1, 0.15) is 0 Å². The Morgan fingerprint density at radius 1 is 1.07 bits per heavy atom. The number of carbonyl (C=O) groups excluding carboxylic acids is 2. The molecule has 0 radical (unpaired) electrons. The van der Waals surface area contributed by atoms with Crippen LogP contribution in [0.5, 0.6) is 0 Å². The van der Waals surface area contributed by atoms with Crippen LogP contribution in [0.1, 0.15) is 51.9 Å². The third-order valence-electron chi connectivity index (χ3n) is 8.25. The van der Waals surface area contributed by atoms with Gasteiger partial charge in [-0.3, -0.25) is 13.8 Å². The average Bonchev–Trinajstić information content (AvgIpc) is 2.99. The molecule has 0 saturated heterocycles. The van der Waals surface area contributed by atoms with Crippen LogP contribution in [-0.2, 0) is 20.4 Å². The van der Waals surface area contributed by atoms with Crippen LogP contribution in [0.15, 0.2) is 58.5 Å². The van der Waals surface area contributed by atoms with E-state index in [1.807, 2.05) is 30.3 Å². The highest BCUT2D eigenvalue weighted by molar-refractivity contribution is 7.85. The Balaban J connectivity index is 1.53. The molecule has 2 fully saturated rings. The van der Waals surface area contributed by atoms with E-state index in [4.69, 9.17) is 0 Å². The van der Waals surface area contributed by atoms with Gasteiger partial charge in [0, 0.05) is 10.6 Å². The maximum Gasteiger partial charge on any atom is 0.222 e. The van der Waals surface area contributed by atoms with Crippen LogP contribution in [0.4, 0.5) is 0 Å². The summed E-state index contributed by atoms with van der Waals surface area (Å²) in [5.41, 5.74) is 1.50. The lowest BCUT2D eigenvalue weighted by molar-refractivity contribution is -0.137. The Kier molecular flexibility index (Phi) is 4.54. The zero-order valence-electron chi connectivity index (χ0n) is 17.0. The van der Waals surface area contributed by atoms with E-state index in [1.165, 1.54) is 31.3 Å². The lowest BCUT2D eigenvalue weighted by Crippen LogP contribution is -2.48. The molecule has 5 atom stereocenters. The van der Waals surface area contributed by atoms with Crippen molar-refractivity contribution in [2.75, 3.05) is 5.75 Å². The molecule has 1 aromatic rings. The first-order valence-corrected chi connectivity index (χ1v) is 12.2. The van der Waals surface area contributed by atoms with Crippen molar-refractivity contribution in [1.82, 2.24) is 0 Å². The van der Waals surface area contributed by atoms with Crippen molar-refractivity contribution >= 4 is 22.4 Å². The normalized spacial score (nSPS) is 37.1. The predicted molar refractivity (Wildman–Crippen MR) is 114 cm³/mol. The van der Waals surface area contributed by atoms with Crippen molar-refractivity contribution in [3.63, 3.8) is 0 Å². The molecule has 0 N–H and O–H groups in total. The van der Waals surface area contributed by atoms with E-state index in [1.54, 1.807) is 6.08 Å². The van der Waals surface area contributed by atoms with Crippen molar-refractivity contribution in [3.05, 3.63) is 53.6 Å². The third kappa shape index (κ3) is 2.78. The molecule has 3 nitrogen and oxygen atoms in total. The molecular weight excluding hydrogens is 380 g/mol. The quantitative estimate of drug-likeness (QED) is 0.676. The van der Waals surface area contributed by atoms with Crippen LogP contribution in [0.25, 0.3) is 0 Å². The number of benzene rings is 1. The average molecular weight is 409 g/mol. The monoisotopic (exact) mass is 408 g/mol. The lowest BCUT2D eigenvalue weighted by Gasteiger charge is -2.54. The minimum absolute atomic E-state index is 0.220. The highest BCUT2D eigenvalue weighted by atomic mass is 32.2. The van der Waals surface area contributed by atoms with Gasteiger partial charge < -0.3 is 0 Å². The second kappa shape index (κ2) is 6.87. The fourth-order valence-corrected chi connectivity index (χ4v) is 8.12. The molecule has 0 amide bonds. The van der Waals surface area contributed by atoms with E-state index in [2.05, 4.69) is 13.0 Å². The molecule has 5 rings (SSSR count). The molecule has 29 heavy (non-hydrogen) atoms. The van der Waals surface area contributed by atoms with Crippen LogP contribution in [0, 0.1) is 22.7 Å². The largest absolute Gasteiger partial charge is 0.289 e. The molecule has 4 aliphatic rings. The Morgan fingerprint density at radius 2 is 1.86 bits per heavy atom. The van der Waals surface area contributed by atoms with E-state index in [9.17, 15) is 13.8 Å². The van der Waals surface area contributed by atoms with Crippen LogP contribution >= 0.6 is 0 Å². The lowest BCUT2D eigenvalue weighted by atomic mass is 9.50. The maximum atomic E-state index is 13.2. The van der Waals surface area contributed by atoms with E-state index in [0.717, 1.165) is 23.3 Å². The molecular formula is C25H28O3S. The zero-order chi connectivity index (χ0) is 20.2. The van der Waals surface area contributed by atoms with E-state index in [-0.39, 0.29) is 17.0 Å². The van der Waals surface area contributed by atoms with E-state index in [0.29, 0.717) is 18.3 Å². The molecule has 2 saturated carbocycles. The molecule has 4 aliphatic carbocycles. The van der Waals surface area contributed by atoms with Gasteiger partial charge in [0.25, 0.3) is 0 Å². The molecule has 2 unspecified atom stereocenters. The summed E-state index contributed by atoms with van der Waals surface area (Å²) in [5, 5.41) is 0. The van der Waals surface area contributed by atoms with Crippen LogP contribution in [-0.4, -0.2) is 21.5 Å². The summed E-state index contributed by atoms with van der Waals surface area (Å²) in [5.74, 6) is 0.612. The van der Waals surface area contributed by atoms with Gasteiger partial charge in [-0.1, -0.05) is 44.0 Å².